The number of benzene rings is 1. The minimum absolute atomic E-state index is 0.112. The maximum Gasteiger partial charge on any atom is 0.227 e. The van der Waals surface area contributed by atoms with Crippen LogP contribution in [-0.2, 0) is 11.2 Å². The van der Waals surface area contributed by atoms with Gasteiger partial charge in [0.05, 0.1) is 12.6 Å². The van der Waals surface area contributed by atoms with Crippen LogP contribution in [0.1, 0.15) is 23.3 Å². The van der Waals surface area contributed by atoms with E-state index in [4.69, 9.17) is 20.9 Å². The molecule has 2 rings (SSSR count). The first-order chi connectivity index (χ1) is 9.69. The summed E-state index contributed by atoms with van der Waals surface area (Å²) in [5.41, 5.74) is 1.14. The highest BCUT2D eigenvalue weighted by Crippen LogP contribution is 2.16. The number of nitrogens with one attached hydrogen (secondary N) is 1. The summed E-state index contributed by atoms with van der Waals surface area (Å²) >= 11 is 5.90. The number of aromatic nitrogens is 2. The largest absolute Gasteiger partial charge is 0.383 e. The lowest BCUT2D eigenvalue weighted by Crippen LogP contribution is -2.27. The van der Waals surface area contributed by atoms with Crippen molar-refractivity contribution in [2.75, 3.05) is 20.3 Å². The van der Waals surface area contributed by atoms with Crippen molar-refractivity contribution in [1.82, 2.24) is 15.5 Å². The molecular formula is C14H18ClN3O2. The third-order valence-corrected chi connectivity index (χ3v) is 3.16. The molecule has 5 nitrogen and oxygen atoms in total. The van der Waals surface area contributed by atoms with E-state index in [1.54, 1.807) is 7.11 Å². The highest BCUT2D eigenvalue weighted by atomic mass is 35.5. The topological polar surface area (TPSA) is 60.2 Å². The summed E-state index contributed by atoms with van der Waals surface area (Å²) in [7, 11) is 1.69. The van der Waals surface area contributed by atoms with Gasteiger partial charge in [0.15, 0.2) is 5.82 Å². The average molecular weight is 296 g/mol. The van der Waals surface area contributed by atoms with Gasteiger partial charge in [-0.2, -0.15) is 4.98 Å². The lowest BCUT2D eigenvalue weighted by molar-refractivity contribution is 0.166. The monoisotopic (exact) mass is 295 g/mol. The predicted molar refractivity (Wildman–Crippen MR) is 76.8 cm³/mol. The van der Waals surface area contributed by atoms with Crippen LogP contribution >= 0.6 is 11.6 Å². The van der Waals surface area contributed by atoms with Crippen LogP contribution in [0.15, 0.2) is 28.8 Å². The van der Waals surface area contributed by atoms with E-state index in [2.05, 4.69) is 15.5 Å². The van der Waals surface area contributed by atoms with Gasteiger partial charge in [0.1, 0.15) is 0 Å². The lowest BCUT2D eigenvalue weighted by Gasteiger charge is -2.18. The van der Waals surface area contributed by atoms with Crippen molar-refractivity contribution in [3.8, 4) is 0 Å². The van der Waals surface area contributed by atoms with Crippen molar-refractivity contribution in [3.05, 3.63) is 46.6 Å². The second-order valence-corrected chi connectivity index (χ2v) is 4.94. The Morgan fingerprint density at radius 1 is 1.35 bits per heavy atom. The molecule has 0 radical (unpaired) electrons. The summed E-state index contributed by atoms with van der Waals surface area (Å²) in [4.78, 5) is 4.17. The molecule has 2 aromatic rings. The van der Waals surface area contributed by atoms with E-state index in [1.165, 1.54) is 0 Å². The number of hydrogen-bond donors (Lipinski definition) is 1. The molecule has 0 aliphatic carbocycles. The Hall–Kier alpha value is -1.43. The van der Waals surface area contributed by atoms with Gasteiger partial charge in [-0.05, 0) is 24.6 Å². The molecule has 1 aromatic carbocycles. The highest BCUT2D eigenvalue weighted by molar-refractivity contribution is 6.30. The van der Waals surface area contributed by atoms with E-state index in [0.717, 1.165) is 17.1 Å². The second kappa shape index (κ2) is 7.38. The van der Waals surface area contributed by atoms with Crippen molar-refractivity contribution >= 4 is 11.6 Å². The van der Waals surface area contributed by atoms with Gasteiger partial charge < -0.3 is 14.6 Å². The third kappa shape index (κ3) is 4.30. The van der Waals surface area contributed by atoms with E-state index in [9.17, 15) is 0 Å². The van der Waals surface area contributed by atoms with Gasteiger partial charge in [-0.3, -0.25) is 0 Å². The summed E-state index contributed by atoms with van der Waals surface area (Å²) in [5.74, 6) is 1.30. The number of rotatable bonds is 7. The predicted octanol–water partition coefficient (Wildman–Crippen LogP) is 2.55. The molecule has 0 bridgehead atoms. The molecule has 1 heterocycles. The van der Waals surface area contributed by atoms with Gasteiger partial charge in [-0.25, -0.2) is 0 Å². The Morgan fingerprint density at radius 2 is 2.10 bits per heavy atom. The van der Waals surface area contributed by atoms with Gasteiger partial charge in [0.2, 0.25) is 5.89 Å². The first kappa shape index (κ1) is 15.0. The Balaban J connectivity index is 1.90. The van der Waals surface area contributed by atoms with Crippen LogP contribution in [0.5, 0.6) is 0 Å². The molecular weight excluding hydrogens is 278 g/mol. The molecule has 0 saturated heterocycles. The van der Waals surface area contributed by atoms with Crippen LogP contribution < -0.4 is 5.32 Å². The summed E-state index contributed by atoms with van der Waals surface area (Å²) in [5, 5.41) is 7.91. The highest BCUT2D eigenvalue weighted by Gasteiger charge is 2.11. The fourth-order valence-electron chi connectivity index (χ4n) is 1.93. The summed E-state index contributed by atoms with van der Waals surface area (Å²) in [6.45, 7) is 3.13. The first-order valence-electron chi connectivity index (χ1n) is 6.46. The van der Waals surface area contributed by atoms with E-state index in [1.807, 2.05) is 31.2 Å². The summed E-state index contributed by atoms with van der Waals surface area (Å²) in [6.07, 6.45) is 0.689. The smallest absolute Gasteiger partial charge is 0.227 e. The minimum Gasteiger partial charge on any atom is -0.383 e. The molecule has 20 heavy (non-hydrogen) atoms. The molecule has 1 unspecified atom stereocenters. The van der Waals surface area contributed by atoms with Crippen molar-refractivity contribution in [2.45, 2.75) is 19.4 Å². The van der Waals surface area contributed by atoms with Crippen LogP contribution in [0.2, 0.25) is 5.02 Å². The molecule has 0 aliphatic rings. The number of ether oxygens (including phenoxy) is 1. The molecule has 0 amide bonds. The average Bonchev–Trinajstić information content (AvgIpc) is 2.84. The molecule has 1 atom stereocenters. The number of halogens is 1. The normalized spacial score (nSPS) is 12.6. The van der Waals surface area contributed by atoms with Crippen molar-refractivity contribution in [1.29, 1.82) is 0 Å². The van der Waals surface area contributed by atoms with Crippen LogP contribution in [0.25, 0.3) is 0 Å². The van der Waals surface area contributed by atoms with Crippen LogP contribution in [0.3, 0.4) is 0 Å². The molecule has 0 fully saturated rings. The zero-order valence-electron chi connectivity index (χ0n) is 11.6. The van der Waals surface area contributed by atoms with Gasteiger partial charge >= 0.3 is 0 Å². The van der Waals surface area contributed by atoms with E-state index >= 15 is 0 Å². The van der Waals surface area contributed by atoms with Gasteiger partial charge in [0, 0.05) is 25.1 Å². The number of methoxy groups -OCH3 is 1. The maximum atomic E-state index is 5.90. The van der Waals surface area contributed by atoms with Crippen LogP contribution in [0.4, 0.5) is 0 Å². The van der Waals surface area contributed by atoms with Crippen LogP contribution in [-0.4, -0.2) is 30.4 Å². The lowest BCUT2D eigenvalue weighted by atomic mass is 10.1. The molecule has 0 saturated carbocycles. The van der Waals surface area contributed by atoms with E-state index in [-0.39, 0.29) is 6.04 Å². The Labute approximate surface area is 123 Å². The Kier molecular flexibility index (Phi) is 5.52. The zero-order chi connectivity index (χ0) is 14.4. The van der Waals surface area contributed by atoms with Crippen molar-refractivity contribution in [2.24, 2.45) is 0 Å². The first-order valence-corrected chi connectivity index (χ1v) is 6.84. The van der Waals surface area contributed by atoms with Crippen molar-refractivity contribution < 1.29 is 9.26 Å². The van der Waals surface area contributed by atoms with Crippen molar-refractivity contribution in [3.63, 3.8) is 0 Å². The minimum atomic E-state index is 0.112. The quantitative estimate of drug-likeness (QED) is 0.850. The van der Waals surface area contributed by atoms with E-state index in [0.29, 0.717) is 24.7 Å². The standard InChI is InChI=1S/C14H18ClN3O2/c1-10-17-14(20-18-10)7-8-16-13(9-19-2)11-3-5-12(15)6-4-11/h3-6,13,16H,7-9H2,1-2H3. The van der Waals surface area contributed by atoms with E-state index < -0.39 is 0 Å². The zero-order valence-corrected chi connectivity index (χ0v) is 12.4. The SMILES string of the molecule is COCC(NCCc1nc(C)no1)c1ccc(Cl)cc1. The molecule has 1 aromatic heterocycles. The van der Waals surface area contributed by atoms with Gasteiger partial charge in [0.25, 0.3) is 0 Å². The molecule has 108 valence electrons. The Morgan fingerprint density at radius 3 is 2.70 bits per heavy atom. The fourth-order valence-corrected chi connectivity index (χ4v) is 2.06. The number of nitrogens with zero attached hydrogens (tertiary/aromatic N) is 2. The van der Waals surface area contributed by atoms with Crippen LogP contribution in [0, 0.1) is 6.92 Å². The maximum absolute atomic E-state index is 5.90. The molecule has 0 spiro atoms. The fraction of sp³-hybridized carbons (Fsp3) is 0.429. The van der Waals surface area contributed by atoms with Gasteiger partial charge in [-0.1, -0.05) is 28.9 Å². The summed E-state index contributed by atoms with van der Waals surface area (Å²) < 4.78 is 10.3. The summed E-state index contributed by atoms with van der Waals surface area (Å²) in [6, 6.07) is 7.86. The number of aryl methyl sites for hydroxylation is 1. The van der Waals surface area contributed by atoms with Gasteiger partial charge in [-0.15, -0.1) is 0 Å². The molecule has 1 N–H and O–H groups in total. The second-order valence-electron chi connectivity index (χ2n) is 4.50. The molecule has 0 aliphatic heterocycles. The number of hydrogen-bond acceptors (Lipinski definition) is 5. The molecule has 6 heteroatoms. The Bertz CT molecular complexity index is 527. The third-order valence-electron chi connectivity index (χ3n) is 2.90.